The van der Waals surface area contributed by atoms with Crippen LogP contribution in [0.3, 0.4) is 0 Å². The number of aromatic nitrogens is 1. The van der Waals surface area contributed by atoms with Crippen molar-refractivity contribution >= 4 is 17.4 Å². The van der Waals surface area contributed by atoms with Crippen molar-refractivity contribution in [2.75, 3.05) is 5.73 Å². The molecule has 0 aliphatic rings. The smallest absolute Gasteiger partial charge is 0.169 e. The lowest BCUT2D eigenvalue weighted by molar-refractivity contribution is 0.435. The van der Waals surface area contributed by atoms with Crippen LogP contribution in [-0.2, 0) is 0 Å². The Balaban J connectivity index is 2.70. The Morgan fingerprint density at radius 3 is 2.62 bits per heavy atom. The molecule has 16 heavy (non-hydrogen) atoms. The van der Waals surface area contributed by atoms with Crippen LogP contribution in [0.4, 0.5) is 5.82 Å². The van der Waals surface area contributed by atoms with Crippen molar-refractivity contribution in [1.29, 1.82) is 0 Å². The van der Waals surface area contributed by atoms with Gasteiger partial charge in [-0.3, -0.25) is 0 Å². The summed E-state index contributed by atoms with van der Waals surface area (Å²) in [5.41, 5.74) is 7.91. The van der Waals surface area contributed by atoms with E-state index in [0.717, 1.165) is 16.7 Å². The quantitative estimate of drug-likeness (QED) is 0.801. The van der Waals surface area contributed by atoms with Gasteiger partial charge >= 0.3 is 0 Å². The zero-order chi connectivity index (χ0) is 11.9. The van der Waals surface area contributed by atoms with Crippen molar-refractivity contribution in [3.8, 4) is 17.1 Å². The fraction of sp³-hybridized carbons (Fsp3) is 0.182. The number of aromatic hydroxyl groups is 1. The topological polar surface area (TPSA) is 72.3 Å². The molecule has 0 amide bonds. The maximum Gasteiger partial charge on any atom is 0.169 e. The number of halogens is 1. The Hall–Kier alpha value is -1.68. The predicted octanol–water partition coefficient (Wildman–Crippen LogP) is 2.90. The minimum Gasteiger partial charge on any atom is -0.506 e. The third-order valence-electron chi connectivity index (χ3n) is 2.45. The molecule has 5 heteroatoms. The monoisotopic (exact) mass is 238 g/mol. The van der Waals surface area contributed by atoms with Crippen molar-refractivity contribution in [3.05, 3.63) is 28.3 Å². The highest BCUT2D eigenvalue weighted by Gasteiger charge is 2.16. The SMILES string of the molecule is Cc1cc(O)c(Cl)c(C)c1-c1cc(N)no1. The van der Waals surface area contributed by atoms with Crippen LogP contribution >= 0.6 is 11.6 Å². The van der Waals surface area contributed by atoms with Crippen molar-refractivity contribution < 1.29 is 9.63 Å². The molecule has 3 N–H and O–H groups in total. The van der Waals surface area contributed by atoms with Gasteiger partial charge in [-0.05, 0) is 31.0 Å². The maximum atomic E-state index is 9.55. The zero-order valence-electron chi connectivity index (χ0n) is 8.91. The predicted molar refractivity (Wildman–Crippen MR) is 62.5 cm³/mol. The lowest BCUT2D eigenvalue weighted by atomic mass is 10.00. The van der Waals surface area contributed by atoms with Crippen LogP contribution in [0.1, 0.15) is 11.1 Å². The molecule has 0 saturated heterocycles. The number of anilines is 1. The van der Waals surface area contributed by atoms with Crippen LogP contribution in [0, 0.1) is 13.8 Å². The molecule has 4 nitrogen and oxygen atoms in total. The summed E-state index contributed by atoms with van der Waals surface area (Å²) in [6.07, 6.45) is 0. The van der Waals surface area contributed by atoms with E-state index in [1.807, 2.05) is 13.8 Å². The number of nitrogens with two attached hydrogens (primary N) is 1. The van der Waals surface area contributed by atoms with Gasteiger partial charge in [0.2, 0.25) is 0 Å². The van der Waals surface area contributed by atoms with Gasteiger partial charge in [0.1, 0.15) is 5.75 Å². The zero-order valence-corrected chi connectivity index (χ0v) is 9.67. The van der Waals surface area contributed by atoms with Gasteiger partial charge in [0.05, 0.1) is 5.02 Å². The highest BCUT2D eigenvalue weighted by atomic mass is 35.5. The number of benzene rings is 1. The minimum absolute atomic E-state index is 0.0629. The van der Waals surface area contributed by atoms with E-state index < -0.39 is 0 Å². The first-order valence-corrected chi connectivity index (χ1v) is 5.09. The molecule has 0 aliphatic heterocycles. The van der Waals surface area contributed by atoms with Gasteiger partial charge in [-0.2, -0.15) is 0 Å². The van der Waals surface area contributed by atoms with Crippen LogP contribution in [0.5, 0.6) is 5.75 Å². The van der Waals surface area contributed by atoms with E-state index in [-0.39, 0.29) is 5.75 Å². The number of hydrogen-bond donors (Lipinski definition) is 2. The molecule has 0 spiro atoms. The molecule has 1 aromatic carbocycles. The molecule has 2 rings (SSSR count). The average molecular weight is 239 g/mol. The van der Waals surface area contributed by atoms with E-state index in [9.17, 15) is 5.11 Å². The second-order valence-corrected chi connectivity index (χ2v) is 4.02. The number of nitrogen functional groups attached to an aromatic ring is 1. The van der Waals surface area contributed by atoms with Crippen molar-refractivity contribution in [2.45, 2.75) is 13.8 Å². The molecule has 0 saturated carbocycles. The van der Waals surface area contributed by atoms with Gasteiger partial charge in [-0.25, -0.2) is 0 Å². The molecule has 1 heterocycles. The third kappa shape index (κ3) is 1.61. The van der Waals surface area contributed by atoms with Crippen LogP contribution in [0.2, 0.25) is 5.02 Å². The summed E-state index contributed by atoms with van der Waals surface area (Å²) in [6, 6.07) is 3.21. The molecular formula is C11H11ClN2O2. The summed E-state index contributed by atoms with van der Waals surface area (Å²) in [5.74, 6) is 0.931. The third-order valence-corrected chi connectivity index (χ3v) is 2.93. The van der Waals surface area contributed by atoms with Crippen molar-refractivity contribution in [3.63, 3.8) is 0 Å². The molecule has 1 aromatic heterocycles. The van der Waals surface area contributed by atoms with Crippen molar-refractivity contribution in [2.24, 2.45) is 0 Å². The Morgan fingerprint density at radius 2 is 2.06 bits per heavy atom. The lowest BCUT2D eigenvalue weighted by Gasteiger charge is -2.09. The number of nitrogens with zero attached hydrogens (tertiary/aromatic N) is 1. The number of hydrogen-bond acceptors (Lipinski definition) is 4. The molecule has 0 bridgehead atoms. The van der Waals surface area contributed by atoms with E-state index >= 15 is 0 Å². The van der Waals surface area contributed by atoms with E-state index in [2.05, 4.69) is 5.16 Å². The second kappa shape index (κ2) is 3.72. The number of phenolic OH excluding ortho intramolecular Hbond substituents is 1. The Kier molecular flexibility index (Phi) is 2.52. The van der Waals surface area contributed by atoms with E-state index in [1.165, 1.54) is 0 Å². The van der Waals surface area contributed by atoms with Crippen LogP contribution in [0.25, 0.3) is 11.3 Å². The molecule has 0 fully saturated rings. The molecule has 84 valence electrons. The minimum atomic E-state index is 0.0629. The van der Waals surface area contributed by atoms with Gasteiger partial charge in [-0.1, -0.05) is 16.8 Å². The average Bonchev–Trinajstić information content (AvgIpc) is 2.61. The van der Waals surface area contributed by atoms with E-state index in [1.54, 1.807) is 12.1 Å². The molecular weight excluding hydrogens is 228 g/mol. The Morgan fingerprint density at radius 1 is 1.38 bits per heavy atom. The summed E-state index contributed by atoms with van der Waals surface area (Å²) in [6.45, 7) is 3.67. The summed E-state index contributed by atoms with van der Waals surface area (Å²) in [4.78, 5) is 0. The van der Waals surface area contributed by atoms with Gasteiger partial charge in [0.15, 0.2) is 11.6 Å². The first-order valence-electron chi connectivity index (χ1n) is 4.72. The van der Waals surface area contributed by atoms with Crippen LogP contribution in [-0.4, -0.2) is 10.3 Å². The summed E-state index contributed by atoms with van der Waals surface area (Å²) < 4.78 is 5.09. The molecule has 2 aromatic rings. The van der Waals surface area contributed by atoms with Gasteiger partial charge in [0.25, 0.3) is 0 Å². The first kappa shape index (κ1) is 10.8. The van der Waals surface area contributed by atoms with Crippen LogP contribution in [0.15, 0.2) is 16.7 Å². The first-order chi connectivity index (χ1) is 7.50. The fourth-order valence-corrected chi connectivity index (χ4v) is 1.87. The van der Waals surface area contributed by atoms with Crippen molar-refractivity contribution in [1.82, 2.24) is 5.16 Å². The Bertz CT molecular complexity index is 549. The largest absolute Gasteiger partial charge is 0.506 e. The molecule has 0 atom stereocenters. The summed E-state index contributed by atoms with van der Waals surface area (Å²) in [5, 5.41) is 13.5. The maximum absolute atomic E-state index is 9.55. The normalized spacial score (nSPS) is 10.7. The van der Waals surface area contributed by atoms with Gasteiger partial charge < -0.3 is 15.4 Å². The number of phenols is 1. The standard InChI is InChI=1S/C11H11ClN2O2/c1-5-3-7(15)11(12)6(2)10(5)8-4-9(13)14-16-8/h3-4,15H,1-2H3,(H2,13,14). The molecule has 0 aliphatic carbocycles. The fourth-order valence-electron chi connectivity index (χ4n) is 1.72. The molecule has 0 radical (unpaired) electrons. The van der Waals surface area contributed by atoms with Gasteiger partial charge in [0, 0.05) is 11.6 Å². The lowest BCUT2D eigenvalue weighted by Crippen LogP contribution is -1.88. The number of aryl methyl sites for hydroxylation is 1. The molecule has 0 unspecified atom stereocenters. The summed E-state index contributed by atoms with van der Waals surface area (Å²) in [7, 11) is 0. The number of rotatable bonds is 1. The second-order valence-electron chi connectivity index (χ2n) is 3.64. The Labute approximate surface area is 97.6 Å². The van der Waals surface area contributed by atoms with Gasteiger partial charge in [-0.15, -0.1) is 0 Å². The van der Waals surface area contributed by atoms with E-state index in [0.29, 0.717) is 16.6 Å². The highest BCUT2D eigenvalue weighted by Crippen LogP contribution is 2.37. The summed E-state index contributed by atoms with van der Waals surface area (Å²) >= 11 is 5.97. The van der Waals surface area contributed by atoms with E-state index in [4.69, 9.17) is 21.9 Å². The highest BCUT2D eigenvalue weighted by molar-refractivity contribution is 6.33. The van der Waals surface area contributed by atoms with Crippen LogP contribution < -0.4 is 5.73 Å².